The summed E-state index contributed by atoms with van der Waals surface area (Å²) in [7, 11) is 0. The molecule has 1 atom stereocenters. The first-order valence-electron chi connectivity index (χ1n) is 6.08. The molecule has 1 aromatic rings. The first kappa shape index (κ1) is 11.9. The summed E-state index contributed by atoms with van der Waals surface area (Å²) in [6.45, 7) is 2.04. The lowest BCUT2D eigenvalue weighted by Gasteiger charge is -2.28. The van der Waals surface area contributed by atoms with E-state index in [1.165, 1.54) is 25.5 Å². The summed E-state index contributed by atoms with van der Waals surface area (Å²) in [5.41, 5.74) is 5.68. The molecule has 0 saturated heterocycles. The fourth-order valence-corrected chi connectivity index (χ4v) is 2.64. The number of nitrogen functional groups attached to an aromatic ring is 1. The van der Waals surface area contributed by atoms with Gasteiger partial charge in [-0.1, -0.05) is 19.3 Å². The van der Waals surface area contributed by atoms with Crippen molar-refractivity contribution in [2.24, 2.45) is 5.92 Å². The first-order chi connectivity index (χ1) is 8.11. The highest BCUT2D eigenvalue weighted by atomic mass is 16.6. The third-order valence-electron chi connectivity index (χ3n) is 3.73. The van der Waals surface area contributed by atoms with Crippen molar-refractivity contribution in [3.63, 3.8) is 0 Å². The Labute approximate surface area is 99.9 Å². The molecule has 17 heavy (non-hydrogen) atoms. The lowest BCUT2D eigenvalue weighted by molar-refractivity contribution is -0.384. The topological polar surface area (TPSA) is 87.0 Å². The van der Waals surface area contributed by atoms with Gasteiger partial charge >= 0.3 is 5.69 Å². The van der Waals surface area contributed by atoms with Gasteiger partial charge in [0.05, 0.1) is 11.0 Å². The van der Waals surface area contributed by atoms with E-state index in [0.29, 0.717) is 5.92 Å². The van der Waals surface area contributed by atoms with Crippen LogP contribution in [0.4, 0.5) is 11.5 Å². The van der Waals surface area contributed by atoms with Gasteiger partial charge in [0.15, 0.2) is 0 Å². The molecule has 1 aliphatic carbocycles. The highest BCUT2D eigenvalue weighted by Crippen LogP contribution is 2.35. The third kappa shape index (κ3) is 2.25. The molecule has 0 aromatic carbocycles. The Morgan fingerprint density at radius 3 is 2.71 bits per heavy atom. The maximum absolute atomic E-state index is 10.7. The predicted molar refractivity (Wildman–Crippen MR) is 64.6 cm³/mol. The van der Waals surface area contributed by atoms with Crippen LogP contribution in [0.5, 0.6) is 0 Å². The van der Waals surface area contributed by atoms with Crippen molar-refractivity contribution in [1.29, 1.82) is 0 Å². The number of aromatic nitrogens is 2. The van der Waals surface area contributed by atoms with Crippen LogP contribution in [-0.4, -0.2) is 14.7 Å². The van der Waals surface area contributed by atoms with Gasteiger partial charge in [0.25, 0.3) is 0 Å². The molecule has 1 fully saturated rings. The smallest absolute Gasteiger partial charge is 0.330 e. The van der Waals surface area contributed by atoms with E-state index in [1.807, 2.05) is 6.92 Å². The molecule has 6 nitrogen and oxygen atoms in total. The molecular weight excluding hydrogens is 220 g/mol. The third-order valence-corrected chi connectivity index (χ3v) is 3.73. The van der Waals surface area contributed by atoms with Crippen LogP contribution in [0.1, 0.15) is 45.1 Å². The number of hydrogen-bond donors (Lipinski definition) is 1. The van der Waals surface area contributed by atoms with Crippen molar-refractivity contribution >= 4 is 11.5 Å². The van der Waals surface area contributed by atoms with Gasteiger partial charge in [0, 0.05) is 0 Å². The Morgan fingerprint density at radius 2 is 2.18 bits per heavy atom. The number of hydrogen-bond acceptors (Lipinski definition) is 4. The molecule has 1 saturated carbocycles. The van der Waals surface area contributed by atoms with Crippen molar-refractivity contribution in [2.75, 3.05) is 5.73 Å². The quantitative estimate of drug-likeness (QED) is 0.647. The normalized spacial score (nSPS) is 19.1. The zero-order chi connectivity index (χ0) is 12.4. The standard InChI is InChI=1S/C11H18N4O2/c1-8(9-5-3-2-4-6-9)14-11(12)10(7-13-14)15(16)17/h7-9H,2-6,12H2,1H3. The zero-order valence-electron chi connectivity index (χ0n) is 10.0. The van der Waals surface area contributed by atoms with Crippen LogP contribution < -0.4 is 5.73 Å². The fourth-order valence-electron chi connectivity index (χ4n) is 2.64. The minimum Gasteiger partial charge on any atom is -0.378 e. The van der Waals surface area contributed by atoms with Crippen molar-refractivity contribution < 1.29 is 4.92 Å². The Balaban J connectivity index is 2.18. The Morgan fingerprint density at radius 1 is 1.53 bits per heavy atom. The van der Waals surface area contributed by atoms with Crippen molar-refractivity contribution in [3.8, 4) is 0 Å². The second-order valence-electron chi connectivity index (χ2n) is 4.76. The second kappa shape index (κ2) is 4.73. The second-order valence-corrected chi connectivity index (χ2v) is 4.76. The predicted octanol–water partition coefficient (Wildman–Crippen LogP) is 2.51. The summed E-state index contributed by atoms with van der Waals surface area (Å²) in [6, 6.07) is 0.143. The number of nitrogens with zero attached hydrogens (tertiary/aromatic N) is 3. The average molecular weight is 238 g/mol. The summed E-state index contributed by atoms with van der Waals surface area (Å²) in [4.78, 5) is 10.2. The Bertz CT molecular complexity index is 410. The SMILES string of the molecule is CC(C1CCCCC1)n1ncc([N+](=O)[O-])c1N. The van der Waals surface area contributed by atoms with Gasteiger partial charge in [0.2, 0.25) is 5.82 Å². The van der Waals surface area contributed by atoms with Crippen molar-refractivity contribution in [2.45, 2.75) is 45.1 Å². The van der Waals surface area contributed by atoms with E-state index in [4.69, 9.17) is 5.73 Å². The van der Waals surface area contributed by atoms with E-state index < -0.39 is 4.92 Å². The molecule has 0 radical (unpaired) electrons. The van der Waals surface area contributed by atoms with E-state index in [-0.39, 0.29) is 17.5 Å². The van der Waals surface area contributed by atoms with Crippen molar-refractivity contribution in [1.82, 2.24) is 9.78 Å². The van der Waals surface area contributed by atoms with Gasteiger partial charge in [0.1, 0.15) is 6.20 Å². The molecule has 1 unspecified atom stereocenters. The summed E-state index contributed by atoms with van der Waals surface area (Å²) in [5.74, 6) is 0.707. The zero-order valence-corrected chi connectivity index (χ0v) is 10.0. The molecule has 0 amide bonds. The molecular formula is C11H18N4O2. The largest absolute Gasteiger partial charge is 0.378 e. The van der Waals surface area contributed by atoms with E-state index in [2.05, 4.69) is 5.10 Å². The van der Waals surface area contributed by atoms with E-state index in [0.717, 1.165) is 12.8 Å². The highest BCUT2D eigenvalue weighted by Gasteiger charge is 2.26. The van der Waals surface area contributed by atoms with Crippen LogP contribution in [0.2, 0.25) is 0 Å². The lowest BCUT2D eigenvalue weighted by atomic mass is 9.84. The molecule has 1 aliphatic rings. The van der Waals surface area contributed by atoms with Gasteiger partial charge in [-0.05, 0) is 25.7 Å². The highest BCUT2D eigenvalue weighted by molar-refractivity contribution is 5.51. The van der Waals surface area contributed by atoms with Gasteiger partial charge in [-0.15, -0.1) is 0 Å². The van der Waals surface area contributed by atoms with Crippen molar-refractivity contribution in [3.05, 3.63) is 16.3 Å². The van der Waals surface area contributed by atoms with E-state index in [1.54, 1.807) is 4.68 Å². The maximum Gasteiger partial charge on any atom is 0.330 e. The van der Waals surface area contributed by atoms with E-state index in [9.17, 15) is 10.1 Å². The van der Waals surface area contributed by atoms with Crippen LogP contribution >= 0.6 is 0 Å². The average Bonchev–Trinajstić information content (AvgIpc) is 2.71. The first-order valence-corrected chi connectivity index (χ1v) is 6.08. The molecule has 94 valence electrons. The fraction of sp³-hybridized carbons (Fsp3) is 0.727. The minimum atomic E-state index is -0.480. The number of nitrogens with two attached hydrogens (primary N) is 1. The molecule has 2 rings (SSSR count). The number of nitro groups is 1. The summed E-state index contributed by atoms with van der Waals surface area (Å²) in [6.07, 6.45) is 7.33. The number of anilines is 1. The molecule has 0 bridgehead atoms. The van der Waals surface area contributed by atoms with Crippen LogP contribution in [0.3, 0.4) is 0 Å². The molecule has 0 aliphatic heterocycles. The van der Waals surface area contributed by atoms with Gasteiger partial charge in [-0.3, -0.25) is 10.1 Å². The minimum absolute atomic E-state index is 0.0901. The molecule has 1 heterocycles. The molecule has 0 spiro atoms. The van der Waals surface area contributed by atoms with Gasteiger partial charge in [-0.25, -0.2) is 4.68 Å². The summed E-state index contributed by atoms with van der Waals surface area (Å²) < 4.78 is 1.61. The van der Waals surface area contributed by atoms with Crippen LogP contribution in [-0.2, 0) is 0 Å². The van der Waals surface area contributed by atoms with Gasteiger partial charge < -0.3 is 5.73 Å². The van der Waals surface area contributed by atoms with E-state index >= 15 is 0 Å². The molecule has 6 heteroatoms. The molecule has 2 N–H and O–H groups in total. The Kier molecular flexibility index (Phi) is 3.31. The Hall–Kier alpha value is -1.59. The van der Waals surface area contributed by atoms with Gasteiger partial charge in [-0.2, -0.15) is 5.10 Å². The maximum atomic E-state index is 10.7. The van der Waals surface area contributed by atoms with Crippen LogP contribution in [0.25, 0.3) is 0 Å². The van der Waals surface area contributed by atoms with Crippen LogP contribution in [0.15, 0.2) is 6.20 Å². The monoisotopic (exact) mass is 238 g/mol. The number of rotatable bonds is 3. The summed E-state index contributed by atoms with van der Waals surface area (Å²) in [5, 5.41) is 14.8. The van der Waals surface area contributed by atoms with Crippen LogP contribution in [0, 0.1) is 16.0 Å². The lowest BCUT2D eigenvalue weighted by Crippen LogP contribution is -2.21. The summed E-state index contributed by atoms with van der Waals surface area (Å²) >= 11 is 0. The molecule has 1 aromatic heterocycles.